The van der Waals surface area contributed by atoms with Crippen LogP contribution in [-0.4, -0.2) is 19.0 Å². The molecular weight excluding hydrogens is 114 g/mol. The second-order valence-corrected chi connectivity index (χ2v) is 2.47. The number of hydrogen-bond donors (Lipinski definition) is 0. The van der Waals surface area contributed by atoms with Crippen LogP contribution in [0.5, 0.6) is 0 Å². The number of rotatable bonds is 1. The topological polar surface area (TPSA) is 29.4 Å². The Morgan fingerprint density at radius 2 is 2.56 bits per heavy atom. The number of aldehydes is 1. The van der Waals surface area contributed by atoms with Gasteiger partial charge in [0, 0.05) is 6.21 Å². The SMILES string of the molecule is CC1(C=O)C=CC=NC1. The normalized spacial score (nSPS) is 32.6. The zero-order valence-corrected chi connectivity index (χ0v) is 5.37. The van der Waals surface area contributed by atoms with Crippen molar-refractivity contribution in [2.24, 2.45) is 10.4 Å². The van der Waals surface area contributed by atoms with Crippen molar-refractivity contribution in [2.75, 3.05) is 6.54 Å². The monoisotopic (exact) mass is 123 g/mol. The number of aliphatic imine (C=N–C) groups is 1. The van der Waals surface area contributed by atoms with Gasteiger partial charge in [-0.25, -0.2) is 0 Å². The van der Waals surface area contributed by atoms with Gasteiger partial charge in [-0.2, -0.15) is 0 Å². The molecule has 9 heavy (non-hydrogen) atoms. The smallest absolute Gasteiger partial charge is 0.131 e. The van der Waals surface area contributed by atoms with Crippen molar-refractivity contribution in [3.63, 3.8) is 0 Å². The molecule has 0 saturated heterocycles. The van der Waals surface area contributed by atoms with Gasteiger partial charge in [-0.3, -0.25) is 4.99 Å². The first-order chi connectivity index (χ1) is 4.27. The first kappa shape index (κ1) is 6.20. The lowest BCUT2D eigenvalue weighted by Crippen LogP contribution is -2.20. The van der Waals surface area contributed by atoms with Crippen molar-refractivity contribution in [1.29, 1.82) is 0 Å². The van der Waals surface area contributed by atoms with E-state index in [1.54, 1.807) is 12.3 Å². The fourth-order valence-electron chi connectivity index (χ4n) is 0.702. The maximum absolute atomic E-state index is 10.4. The highest BCUT2D eigenvalue weighted by atomic mass is 16.1. The van der Waals surface area contributed by atoms with Crippen molar-refractivity contribution in [3.8, 4) is 0 Å². The Kier molecular flexibility index (Phi) is 1.47. The lowest BCUT2D eigenvalue weighted by molar-refractivity contribution is -0.113. The number of carbonyl (C=O) groups excluding carboxylic acids is 1. The van der Waals surface area contributed by atoms with Crippen LogP contribution in [0.1, 0.15) is 6.92 Å². The van der Waals surface area contributed by atoms with E-state index in [2.05, 4.69) is 4.99 Å². The second-order valence-electron chi connectivity index (χ2n) is 2.47. The van der Waals surface area contributed by atoms with Gasteiger partial charge >= 0.3 is 0 Å². The van der Waals surface area contributed by atoms with Crippen LogP contribution in [0.3, 0.4) is 0 Å². The molecule has 1 aliphatic heterocycles. The Hall–Kier alpha value is -0.920. The van der Waals surface area contributed by atoms with E-state index in [1.807, 2.05) is 13.0 Å². The molecule has 0 saturated carbocycles. The summed E-state index contributed by atoms with van der Waals surface area (Å²) in [5.74, 6) is 0. The third-order valence-electron chi connectivity index (χ3n) is 1.37. The van der Waals surface area contributed by atoms with Crippen molar-refractivity contribution in [2.45, 2.75) is 6.92 Å². The van der Waals surface area contributed by atoms with Gasteiger partial charge in [0.15, 0.2) is 0 Å². The molecule has 0 N–H and O–H groups in total. The Balaban J connectivity index is 2.73. The van der Waals surface area contributed by atoms with Gasteiger partial charge in [-0.05, 0) is 13.0 Å². The summed E-state index contributed by atoms with van der Waals surface area (Å²) < 4.78 is 0. The van der Waals surface area contributed by atoms with Crippen LogP contribution in [-0.2, 0) is 4.79 Å². The third kappa shape index (κ3) is 1.25. The van der Waals surface area contributed by atoms with Crippen LogP contribution in [0.25, 0.3) is 0 Å². The third-order valence-corrected chi connectivity index (χ3v) is 1.37. The summed E-state index contributed by atoms with van der Waals surface area (Å²) in [7, 11) is 0. The molecule has 2 heteroatoms. The number of allylic oxidation sites excluding steroid dienone is 1. The molecule has 0 aromatic carbocycles. The summed E-state index contributed by atoms with van der Waals surface area (Å²) in [6, 6.07) is 0. The maximum atomic E-state index is 10.4. The molecule has 0 aliphatic carbocycles. The van der Waals surface area contributed by atoms with E-state index in [0.29, 0.717) is 6.54 Å². The van der Waals surface area contributed by atoms with Crippen LogP contribution in [0, 0.1) is 5.41 Å². The number of dihydropyridines is 1. The first-order valence-electron chi connectivity index (χ1n) is 2.91. The summed E-state index contributed by atoms with van der Waals surface area (Å²) in [6.07, 6.45) is 6.32. The summed E-state index contributed by atoms with van der Waals surface area (Å²) in [5, 5.41) is 0. The van der Waals surface area contributed by atoms with Gasteiger partial charge in [0.25, 0.3) is 0 Å². The van der Waals surface area contributed by atoms with E-state index in [1.165, 1.54) is 0 Å². The van der Waals surface area contributed by atoms with Crippen molar-refractivity contribution < 1.29 is 4.79 Å². The van der Waals surface area contributed by atoms with Gasteiger partial charge in [0.2, 0.25) is 0 Å². The zero-order chi connectivity index (χ0) is 6.74. The van der Waals surface area contributed by atoms with Crippen LogP contribution < -0.4 is 0 Å². The van der Waals surface area contributed by atoms with E-state index < -0.39 is 0 Å². The fourth-order valence-corrected chi connectivity index (χ4v) is 0.702. The molecule has 0 spiro atoms. The minimum Gasteiger partial charge on any atom is -0.302 e. The first-order valence-corrected chi connectivity index (χ1v) is 2.91. The van der Waals surface area contributed by atoms with Crippen molar-refractivity contribution in [1.82, 2.24) is 0 Å². The molecule has 0 bridgehead atoms. The van der Waals surface area contributed by atoms with Gasteiger partial charge in [-0.1, -0.05) is 6.08 Å². The predicted molar refractivity (Wildman–Crippen MR) is 36.7 cm³/mol. The fraction of sp³-hybridized carbons (Fsp3) is 0.429. The highest BCUT2D eigenvalue weighted by Gasteiger charge is 2.19. The molecule has 0 aromatic heterocycles. The second kappa shape index (κ2) is 2.13. The van der Waals surface area contributed by atoms with Gasteiger partial charge < -0.3 is 4.79 Å². The standard InChI is InChI=1S/C7H9NO/c1-7(6-9)3-2-4-8-5-7/h2-4,6H,5H2,1H3. The molecular formula is C7H9NO. The average Bonchev–Trinajstić information content (AvgIpc) is 1.90. The van der Waals surface area contributed by atoms with Crippen LogP contribution in [0.2, 0.25) is 0 Å². The van der Waals surface area contributed by atoms with Crippen LogP contribution in [0.15, 0.2) is 17.1 Å². The average molecular weight is 123 g/mol. The minimum absolute atomic E-state index is 0.339. The van der Waals surface area contributed by atoms with Crippen LogP contribution in [0.4, 0.5) is 0 Å². The zero-order valence-electron chi connectivity index (χ0n) is 5.37. The van der Waals surface area contributed by atoms with E-state index in [0.717, 1.165) is 6.29 Å². The Bertz CT molecular complexity index is 172. The summed E-state index contributed by atoms with van der Waals surface area (Å²) in [6.45, 7) is 2.46. The number of hydrogen-bond acceptors (Lipinski definition) is 2. The molecule has 0 amide bonds. The molecule has 1 rings (SSSR count). The molecule has 48 valence electrons. The molecule has 1 unspecified atom stereocenters. The summed E-state index contributed by atoms with van der Waals surface area (Å²) in [5.41, 5.74) is -0.339. The summed E-state index contributed by atoms with van der Waals surface area (Å²) in [4.78, 5) is 14.3. The van der Waals surface area contributed by atoms with E-state index in [-0.39, 0.29) is 5.41 Å². The van der Waals surface area contributed by atoms with Gasteiger partial charge in [0.1, 0.15) is 6.29 Å². The molecule has 2 nitrogen and oxygen atoms in total. The molecule has 1 atom stereocenters. The quantitative estimate of drug-likeness (QED) is 0.475. The lowest BCUT2D eigenvalue weighted by atomic mass is 9.91. The highest BCUT2D eigenvalue weighted by molar-refractivity contribution is 5.76. The highest BCUT2D eigenvalue weighted by Crippen LogP contribution is 2.16. The largest absolute Gasteiger partial charge is 0.302 e. The van der Waals surface area contributed by atoms with E-state index in [4.69, 9.17) is 0 Å². The van der Waals surface area contributed by atoms with Crippen molar-refractivity contribution in [3.05, 3.63) is 12.2 Å². The Labute approximate surface area is 54.3 Å². The van der Waals surface area contributed by atoms with Gasteiger partial charge in [-0.15, -0.1) is 0 Å². The minimum atomic E-state index is -0.339. The number of carbonyl (C=O) groups is 1. The Morgan fingerprint density at radius 3 is 2.89 bits per heavy atom. The van der Waals surface area contributed by atoms with Crippen molar-refractivity contribution >= 4 is 12.5 Å². The molecule has 0 fully saturated rings. The molecule has 1 heterocycles. The Morgan fingerprint density at radius 1 is 1.78 bits per heavy atom. The van der Waals surface area contributed by atoms with Gasteiger partial charge in [0.05, 0.1) is 12.0 Å². The molecule has 0 radical (unpaired) electrons. The van der Waals surface area contributed by atoms with E-state index in [9.17, 15) is 4.79 Å². The molecule has 1 aliphatic rings. The predicted octanol–water partition coefficient (Wildman–Crippen LogP) is 0.832. The van der Waals surface area contributed by atoms with Crippen LogP contribution >= 0.6 is 0 Å². The molecule has 0 aromatic rings. The summed E-state index contributed by atoms with van der Waals surface area (Å²) >= 11 is 0. The lowest BCUT2D eigenvalue weighted by Gasteiger charge is -2.16. The number of nitrogens with zero attached hydrogens (tertiary/aromatic N) is 1. The van der Waals surface area contributed by atoms with E-state index >= 15 is 0 Å². The maximum Gasteiger partial charge on any atom is 0.131 e.